The number of hydrogen-bond donors (Lipinski definition) is 0. The number of methoxy groups -OCH3 is 2. The van der Waals surface area contributed by atoms with Crippen LogP contribution in [-0.2, 0) is 21.4 Å². The van der Waals surface area contributed by atoms with Crippen LogP contribution in [0.4, 0.5) is 0 Å². The molecule has 30 heavy (non-hydrogen) atoms. The van der Waals surface area contributed by atoms with E-state index >= 15 is 0 Å². The second-order valence-electron chi connectivity index (χ2n) is 7.20. The van der Waals surface area contributed by atoms with E-state index in [9.17, 15) is 13.2 Å². The fourth-order valence-corrected chi connectivity index (χ4v) is 5.24. The zero-order valence-electron chi connectivity index (χ0n) is 17.5. The summed E-state index contributed by atoms with van der Waals surface area (Å²) in [5.41, 5.74) is 1.45. The van der Waals surface area contributed by atoms with Gasteiger partial charge in [0.05, 0.1) is 24.7 Å². The Balaban J connectivity index is 1.80. The third-order valence-corrected chi connectivity index (χ3v) is 7.24. The highest BCUT2D eigenvalue weighted by Gasteiger charge is 2.28. The molecule has 1 saturated heterocycles. The van der Waals surface area contributed by atoms with Crippen LogP contribution in [0, 0.1) is 6.92 Å². The molecule has 1 fully saturated rings. The first-order chi connectivity index (χ1) is 14.4. The molecule has 0 saturated carbocycles. The summed E-state index contributed by atoms with van der Waals surface area (Å²) in [6, 6.07) is 9.84. The van der Waals surface area contributed by atoms with Crippen LogP contribution >= 0.6 is 0 Å². The normalized spacial score (nSPS) is 14.9. The summed E-state index contributed by atoms with van der Waals surface area (Å²) >= 11 is 0. The molecule has 0 aliphatic carbocycles. The largest absolute Gasteiger partial charge is 0.497 e. The fraction of sp³-hybridized carbons (Fsp3) is 0.409. The molecular formula is C22H27NO6S. The highest BCUT2D eigenvalue weighted by atomic mass is 32.2. The van der Waals surface area contributed by atoms with E-state index in [1.54, 1.807) is 44.4 Å². The molecule has 8 heteroatoms. The molecule has 0 amide bonds. The van der Waals surface area contributed by atoms with Crippen LogP contribution in [0.3, 0.4) is 0 Å². The Morgan fingerprint density at radius 3 is 2.40 bits per heavy atom. The van der Waals surface area contributed by atoms with Gasteiger partial charge in [-0.2, -0.15) is 4.31 Å². The molecule has 2 aromatic carbocycles. The highest BCUT2D eigenvalue weighted by Crippen LogP contribution is 2.27. The van der Waals surface area contributed by atoms with E-state index in [2.05, 4.69) is 0 Å². The number of sulfonamides is 1. The predicted octanol–water partition coefficient (Wildman–Crippen LogP) is 3.54. The molecule has 0 unspecified atom stereocenters. The van der Waals surface area contributed by atoms with Crippen LogP contribution in [-0.4, -0.2) is 46.0 Å². The van der Waals surface area contributed by atoms with Crippen molar-refractivity contribution in [1.82, 2.24) is 4.31 Å². The van der Waals surface area contributed by atoms with Gasteiger partial charge >= 0.3 is 5.97 Å². The fourth-order valence-electron chi connectivity index (χ4n) is 3.47. The number of carbonyl (C=O) groups excluding carboxylic acids is 1. The molecule has 1 aliphatic rings. The Morgan fingerprint density at radius 2 is 1.73 bits per heavy atom. The van der Waals surface area contributed by atoms with Crippen molar-refractivity contribution in [2.24, 2.45) is 0 Å². The lowest BCUT2D eigenvalue weighted by Gasteiger charge is -2.26. The molecule has 3 rings (SSSR count). The molecule has 1 heterocycles. The molecule has 0 bridgehead atoms. The third-order valence-electron chi connectivity index (χ3n) is 5.20. The summed E-state index contributed by atoms with van der Waals surface area (Å²) in [5.74, 6) is 0.586. The van der Waals surface area contributed by atoms with Gasteiger partial charge in [0.15, 0.2) is 0 Å². The highest BCUT2D eigenvalue weighted by molar-refractivity contribution is 7.89. The molecule has 162 valence electrons. The van der Waals surface area contributed by atoms with Crippen LogP contribution in [0.1, 0.15) is 40.7 Å². The molecule has 0 N–H and O–H groups in total. The Hall–Kier alpha value is -2.58. The zero-order valence-corrected chi connectivity index (χ0v) is 18.3. The summed E-state index contributed by atoms with van der Waals surface area (Å²) < 4.78 is 43.5. The lowest BCUT2D eigenvalue weighted by Crippen LogP contribution is -2.36. The average Bonchev–Trinajstić information content (AvgIpc) is 2.77. The number of hydrogen-bond acceptors (Lipinski definition) is 6. The van der Waals surface area contributed by atoms with E-state index in [0.29, 0.717) is 35.7 Å². The maximum absolute atomic E-state index is 13.1. The number of rotatable bonds is 7. The number of piperidine rings is 1. The first-order valence-electron chi connectivity index (χ1n) is 9.85. The number of nitrogens with zero attached hydrogens (tertiary/aromatic N) is 1. The maximum atomic E-state index is 13.1. The van der Waals surface area contributed by atoms with Gasteiger partial charge in [-0.05, 0) is 55.7 Å². The van der Waals surface area contributed by atoms with Crippen molar-refractivity contribution in [1.29, 1.82) is 0 Å². The van der Waals surface area contributed by atoms with Crippen molar-refractivity contribution in [2.75, 3.05) is 27.3 Å². The lowest BCUT2D eigenvalue weighted by molar-refractivity contribution is 0.0469. The van der Waals surface area contributed by atoms with Crippen LogP contribution in [0.2, 0.25) is 0 Å². The summed E-state index contributed by atoms with van der Waals surface area (Å²) in [5, 5.41) is 0. The smallest absolute Gasteiger partial charge is 0.338 e. The van der Waals surface area contributed by atoms with Gasteiger partial charge in [0.2, 0.25) is 10.0 Å². The van der Waals surface area contributed by atoms with Gasteiger partial charge in [-0.3, -0.25) is 0 Å². The number of aryl methyl sites for hydroxylation is 1. The van der Waals surface area contributed by atoms with E-state index in [1.165, 1.54) is 17.5 Å². The van der Waals surface area contributed by atoms with Gasteiger partial charge in [0.1, 0.15) is 18.1 Å². The van der Waals surface area contributed by atoms with Gasteiger partial charge in [-0.15, -0.1) is 0 Å². The van der Waals surface area contributed by atoms with Gasteiger partial charge in [0.25, 0.3) is 0 Å². The first kappa shape index (κ1) is 22.1. The second kappa shape index (κ2) is 9.49. The summed E-state index contributed by atoms with van der Waals surface area (Å²) in [6.07, 6.45) is 2.73. The Labute approximate surface area is 177 Å². The second-order valence-corrected chi connectivity index (χ2v) is 9.11. The first-order valence-corrected chi connectivity index (χ1v) is 11.3. The third kappa shape index (κ3) is 4.76. The van der Waals surface area contributed by atoms with E-state index < -0.39 is 16.0 Å². The quantitative estimate of drug-likeness (QED) is 0.621. The number of ether oxygens (including phenoxy) is 3. The Morgan fingerprint density at radius 1 is 1.00 bits per heavy atom. The minimum Gasteiger partial charge on any atom is -0.497 e. The van der Waals surface area contributed by atoms with Gasteiger partial charge in [-0.25, -0.2) is 13.2 Å². The van der Waals surface area contributed by atoms with E-state index in [0.717, 1.165) is 19.3 Å². The molecule has 2 aromatic rings. The number of carbonyl (C=O) groups is 1. The van der Waals surface area contributed by atoms with Crippen molar-refractivity contribution < 1.29 is 27.4 Å². The topological polar surface area (TPSA) is 82.1 Å². The zero-order chi connectivity index (χ0) is 21.7. The van der Waals surface area contributed by atoms with Crippen molar-refractivity contribution in [3.8, 4) is 11.5 Å². The molecule has 0 radical (unpaired) electrons. The van der Waals surface area contributed by atoms with Crippen LogP contribution < -0.4 is 9.47 Å². The average molecular weight is 434 g/mol. The van der Waals surface area contributed by atoms with Gasteiger partial charge < -0.3 is 14.2 Å². The van der Waals surface area contributed by atoms with Crippen molar-refractivity contribution >= 4 is 16.0 Å². The molecule has 0 atom stereocenters. The van der Waals surface area contributed by atoms with Crippen molar-refractivity contribution in [2.45, 2.75) is 37.7 Å². The van der Waals surface area contributed by atoms with Gasteiger partial charge in [-0.1, -0.05) is 12.5 Å². The molecule has 0 aromatic heterocycles. The standard InChI is InChI=1S/C22H27NO6S/c1-16-7-8-17(14-21(16)30(25,26)23-11-5-4-6-12-23)22(24)29-15-18-13-19(27-2)9-10-20(18)28-3/h7-10,13-14H,4-6,11-12,15H2,1-3H3. The van der Waals surface area contributed by atoms with E-state index in [4.69, 9.17) is 14.2 Å². The molecule has 0 spiro atoms. The Kier molecular flexibility index (Phi) is 6.99. The van der Waals surface area contributed by atoms with E-state index in [-0.39, 0.29) is 17.1 Å². The minimum atomic E-state index is -3.65. The molecule has 1 aliphatic heterocycles. The van der Waals surface area contributed by atoms with Crippen molar-refractivity contribution in [3.05, 3.63) is 53.1 Å². The molecular weight excluding hydrogens is 406 g/mol. The maximum Gasteiger partial charge on any atom is 0.338 e. The van der Waals surface area contributed by atoms with Crippen LogP contribution in [0.15, 0.2) is 41.3 Å². The summed E-state index contributed by atoms with van der Waals surface area (Å²) in [4.78, 5) is 12.8. The van der Waals surface area contributed by atoms with E-state index in [1.807, 2.05) is 0 Å². The number of esters is 1. The Bertz CT molecular complexity index is 1010. The predicted molar refractivity (Wildman–Crippen MR) is 112 cm³/mol. The lowest BCUT2D eigenvalue weighted by atomic mass is 10.1. The monoisotopic (exact) mass is 433 g/mol. The van der Waals surface area contributed by atoms with Crippen LogP contribution in [0.25, 0.3) is 0 Å². The minimum absolute atomic E-state index is 0.0265. The SMILES string of the molecule is COc1ccc(OC)c(COC(=O)c2ccc(C)c(S(=O)(=O)N3CCCCC3)c2)c1. The summed E-state index contributed by atoms with van der Waals surface area (Å²) in [6.45, 7) is 2.71. The number of benzene rings is 2. The van der Waals surface area contributed by atoms with Crippen LogP contribution in [0.5, 0.6) is 11.5 Å². The molecule has 7 nitrogen and oxygen atoms in total. The summed E-state index contributed by atoms with van der Waals surface area (Å²) in [7, 11) is -0.564. The van der Waals surface area contributed by atoms with Crippen molar-refractivity contribution in [3.63, 3.8) is 0 Å². The van der Waals surface area contributed by atoms with Gasteiger partial charge in [0, 0.05) is 18.7 Å².